The van der Waals surface area contributed by atoms with Crippen LogP contribution in [0.2, 0.25) is 0 Å². The fourth-order valence-electron chi connectivity index (χ4n) is 3.32. The zero-order chi connectivity index (χ0) is 20.5. The van der Waals surface area contributed by atoms with Crippen molar-refractivity contribution < 1.29 is 23.1 Å². The van der Waals surface area contributed by atoms with Crippen LogP contribution in [0.15, 0.2) is 56.1 Å². The molecule has 2 aromatic carbocycles. The lowest BCUT2D eigenvalue weighted by Crippen LogP contribution is -2.08. The van der Waals surface area contributed by atoms with Crippen LogP contribution in [0.4, 0.5) is 0 Å². The number of hydrogen-bond donors (Lipinski definition) is 0. The lowest BCUT2D eigenvalue weighted by molar-refractivity contribution is 0.0438. The van der Waals surface area contributed by atoms with Crippen LogP contribution >= 0.6 is 0 Å². The summed E-state index contributed by atoms with van der Waals surface area (Å²) in [5, 5.41) is 1.52. The van der Waals surface area contributed by atoms with E-state index in [4.69, 9.17) is 18.3 Å². The van der Waals surface area contributed by atoms with E-state index < -0.39 is 11.6 Å². The Hall–Kier alpha value is -3.54. The number of carbonyl (C=O) groups is 1. The number of carbonyl (C=O) groups excluding carboxylic acids is 1. The molecule has 0 bridgehead atoms. The number of esters is 1. The second kappa shape index (κ2) is 7.47. The SMILES string of the molecule is CCOc1ccc2oc(C(=O)OCc3cc(=O)oc4cc(C)ccc34)c(C)c2c1. The summed E-state index contributed by atoms with van der Waals surface area (Å²) >= 11 is 0. The first-order valence-corrected chi connectivity index (χ1v) is 9.32. The summed E-state index contributed by atoms with van der Waals surface area (Å²) in [6.07, 6.45) is 0. The third-order valence-corrected chi connectivity index (χ3v) is 4.75. The first-order valence-electron chi connectivity index (χ1n) is 9.32. The van der Waals surface area contributed by atoms with Crippen molar-refractivity contribution in [2.75, 3.05) is 6.61 Å². The smallest absolute Gasteiger partial charge is 0.374 e. The summed E-state index contributed by atoms with van der Waals surface area (Å²) in [4.78, 5) is 24.5. The molecule has 0 spiro atoms. The van der Waals surface area contributed by atoms with Gasteiger partial charge in [0.15, 0.2) is 0 Å². The fourth-order valence-corrected chi connectivity index (χ4v) is 3.32. The van der Waals surface area contributed by atoms with Crippen LogP contribution in [0.3, 0.4) is 0 Å². The van der Waals surface area contributed by atoms with Crippen LogP contribution in [-0.4, -0.2) is 12.6 Å². The molecule has 0 unspecified atom stereocenters. The van der Waals surface area contributed by atoms with Crippen LogP contribution in [0.5, 0.6) is 5.75 Å². The molecular formula is C23H20O6. The van der Waals surface area contributed by atoms with E-state index in [2.05, 4.69) is 0 Å². The van der Waals surface area contributed by atoms with Gasteiger partial charge in [0.25, 0.3) is 0 Å². The van der Waals surface area contributed by atoms with E-state index in [9.17, 15) is 9.59 Å². The van der Waals surface area contributed by atoms with E-state index >= 15 is 0 Å². The van der Waals surface area contributed by atoms with Gasteiger partial charge in [0, 0.05) is 28.0 Å². The van der Waals surface area contributed by atoms with Gasteiger partial charge in [-0.3, -0.25) is 0 Å². The molecule has 0 aliphatic heterocycles. The summed E-state index contributed by atoms with van der Waals surface area (Å²) in [5.41, 5.74) is 2.79. The molecular weight excluding hydrogens is 372 g/mol. The largest absolute Gasteiger partial charge is 0.494 e. The van der Waals surface area contributed by atoms with Gasteiger partial charge in [-0.25, -0.2) is 9.59 Å². The maximum atomic E-state index is 12.6. The molecule has 0 aliphatic carbocycles. The second-order valence-electron chi connectivity index (χ2n) is 6.81. The summed E-state index contributed by atoms with van der Waals surface area (Å²) in [5.74, 6) is 0.253. The lowest BCUT2D eigenvalue weighted by atomic mass is 10.1. The van der Waals surface area contributed by atoms with Crippen molar-refractivity contribution in [2.45, 2.75) is 27.4 Å². The van der Waals surface area contributed by atoms with Crippen LogP contribution in [0.1, 0.15) is 34.2 Å². The number of benzene rings is 2. The number of hydrogen-bond acceptors (Lipinski definition) is 6. The van der Waals surface area contributed by atoms with Gasteiger partial charge in [-0.1, -0.05) is 12.1 Å². The second-order valence-corrected chi connectivity index (χ2v) is 6.81. The predicted molar refractivity (Wildman–Crippen MR) is 108 cm³/mol. The quantitative estimate of drug-likeness (QED) is 0.355. The van der Waals surface area contributed by atoms with E-state index in [1.165, 1.54) is 6.07 Å². The van der Waals surface area contributed by atoms with E-state index in [1.54, 1.807) is 25.1 Å². The molecule has 2 heterocycles. The minimum Gasteiger partial charge on any atom is -0.494 e. The fraction of sp³-hybridized carbons (Fsp3) is 0.217. The molecule has 0 saturated heterocycles. The normalized spacial score (nSPS) is 11.1. The Balaban J connectivity index is 1.61. The molecule has 0 N–H and O–H groups in total. The van der Waals surface area contributed by atoms with Crippen molar-refractivity contribution in [2.24, 2.45) is 0 Å². The topological polar surface area (TPSA) is 78.9 Å². The van der Waals surface area contributed by atoms with Crippen LogP contribution in [0.25, 0.3) is 21.9 Å². The molecule has 29 heavy (non-hydrogen) atoms. The molecule has 0 aliphatic rings. The summed E-state index contributed by atoms with van der Waals surface area (Å²) in [7, 11) is 0. The third-order valence-electron chi connectivity index (χ3n) is 4.75. The Morgan fingerprint density at radius 2 is 1.79 bits per heavy atom. The minimum atomic E-state index is -0.592. The summed E-state index contributed by atoms with van der Waals surface area (Å²) < 4.78 is 21.9. The molecule has 4 aromatic rings. The molecule has 6 heteroatoms. The van der Waals surface area contributed by atoms with Gasteiger partial charge in [-0.15, -0.1) is 0 Å². The van der Waals surface area contributed by atoms with Gasteiger partial charge in [-0.2, -0.15) is 0 Å². The molecule has 148 valence electrons. The Morgan fingerprint density at radius 3 is 2.59 bits per heavy atom. The first-order chi connectivity index (χ1) is 14.0. The average molecular weight is 392 g/mol. The molecule has 6 nitrogen and oxygen atoms in total. The molecule has 2 aromatic heterocycles. The summed E-state index contributed by atoms with van der Waals surface area (Å²) in [6, 6.07) is 12.3. The molecule has 0 saturated carbocycles. The predicted octanol–water partition coefficient (Wildman–Crippen LogP) is 4.91. The summed E-state index contributed by atoms with van der Waals surface area (Å²) in [6.45, 7) is 6.10. The zero-order valence-electron chi connectivity index (χ0n) is 16.4. The monoisotopic (exact) mass is 392 g/mol. The van der Waals surface area contributed by atoms with Crippen molar-refractivity contribution in [1.82, 2.24) is 0 Å². The Labute approximate surface area is 166 Å². The van der Waals surface area contributed by atoms with Gasteiger partial charge in [0.05, 0.1) is 6.61 Å². The van der Waals surface area contributed by atoms with E-state index in [0.717, 1.165) is 16.3 Å². The highest BCUT2D eigenvalue weighted by atomic mass is 16.5. The van der Waals surface area contributed by atoms with Gasteiger partial charge in [0.1, 0.15) is 23.5 Å². The number of aryl methyl sites for hydroxylation is 2. The standard InChI is InChI=1S/C23H20O6/c1-4-26-16-6-8-19-18(11-16)14(3)22(29-19)23(25)27-12-15-10-21(24)28-20-9-13(2)5-7-17(15)20/h5-11H,4,12H2,1-3H3. The number of furan rings is 1. The van der Waals surface area contributed by atoms with Crippen LogP contribution in [-0.2, 0) is 11.3 Å². The molecule has 0 amide bonds. The van der Waals surface area contributed by atoms with Crippen molar-refractivity contribution >= 4 is 27.9 Å². The number of rotatable bonds is 5. The van der Waals surface area contributed by atoms with Crippen LogP contribution < -0.4 is 10.4 Å². The Bertz CT molecular complexity index is 1280. The van der Waals surface area contributed by atoms with E-state index in [0.29, 0.717) is 34.6 Å². The number of ether oxygens (including phenoxy) is 2. The Morgan fingerprint density at radius 1 is 0.966 bits per heavy atom. The first kappa shape index (κ1) is 18.8. The highest BCUT2D eigenvalue weighted by Gasteiger charge is 2.20. The number of fused-ring (bicyclic) bond motifs is 2. The van der Waals surface area contributed by atoms with Gasteiger partial charge in [-0.05, 0) is 50.6 Å². The molecule has 4 rings (SSSR count). The zero-order valence-corrected chi connectivity index (χ0v) is 16.4. The van der Waals surface area contributed by atoms with Gasteiger partial charge in [0.2, 0.25) is 5.76 Å². The highest BCUT2D eigenvalue weighted by Crippen LogP contribution is 2.29. The van der Waals surface area contributed by atoms with Gasteiger partial charge < -0.3 is 18.3 Å². The maximum absolute atomic E-state index is 12.6. The molecule has 0 atom stereocenters. The van der Waals surface area contributed by atoms with Gasteiger partial charge >= 0.3 is 11.6 Å². The minimum absolute atomic E-state index is 0.0648. The van der Waals surface area contributed by atoms with Crippen molar-refractivity contribution in [1.29, 1.82) is 0 Å². The van der Waals surface area contributed by atoms with E-state index in [1.807, 2.05) is 32.0 Å². The average Bonchev–Trinajstić information content (AvgIpc) is 3.02. The molecule has 0 fully saturated rings. The van der Waals surface area contributed by atoms with E-state index in [-0.39, 0.29) is 12.4 Å². The third kappa shape index (κ3) is 3.61. The van der Waals surface area contributed by atoms with Crippen molar-refractivity contribution in [3.05, 3.63) is 75.3 Å². The molecule has 0 radical (unpaired) electrons. The lowest BCUT2D eigenvalue weighted by Gasteiger charge is -2.07. The van der Waals surface area contributed by atoms with Crippen LogP contribution in [0, 0.1) is 13.8 Å². The highest BCUT2D eigenvalue weighted by molar-refractivity contribution is 5.96. The van der Waals surface area contributed by atoms with Crippen molar-refractivity contribution in [3.63, 3.8) is 0 Å². The van der Waals surface area contributed by atoms with Crippen molar-refractivity contribution in [3.8, 4) is 5.75 Å². The maximum Gasteiger partial charge on any atom is 0.374 e. The Kier molecular flexibility index (Phi) is 4.84.